The number of nitriles is 1. The van der Waals surface area contributed by atoms with Gasteiger partial charge >= 0.3 is 0 Å². The molecule has 10 nitrogen and oxygen atoms in total. The van der Waals surface area contributed by atoms with Crippen molar-refractivity contribution in [3.8, 4) is 6.07 Å². The summed E-state index contributed by atoms with van der Waals surface area (Å²) in [6.45, 7) is 3.06. The first-order valence-electron chi connectivity index (χ1n) is 8.19. The van der Waals surface area contributed by atoms with Crippen molar-refractivity contribution < 1.29 is 23.7 Å². The van der Waals surface area contributed by atoms with E-state index in [1.165, 1.54) is 12.1 Å². The summed E-state index contributed by atoms with van der Waals surface area (Å²) in [4.78, 5) is 48.2. The highest BCUT2D eigenvalue weighted by Crippen LogP contribution is 2.31. The summed E-state index contributed by atoms with van der Waals surface area (Å²) >= 11 is 0. The number of nitrogens with one attached hydrogen (secondary N) is 1. The topological polar surface area (TPSA) is 147 Å². The second-order valence-corrected chi connectivity index (χ2v) is 6.12. The smallest absolute Gasteiger partial charge is 0.282 e. The van der Waals surface area contributed by atoms with Crippen molar-refractivity contribution in [2.45, 2.75) is 20.3 Å². The molecule has 3 rings (SSSR count). The fourth-order valence-electron chi connectivity index (χ4n) is 2.92. The summed E-state index contributed by atoms with van der Waals surface area (Å²) in [6, 6.07) is 5.74. The highest BCUT2D eigenvalue weighted by Gasteiger charge is 2.40. The average Bonchev–Trinajstić information content (AvgIpc) is 3.06. The minimum absolute atomic E-state index is 0.000462. The Hall–Kier alpha value is -4.00. The molecule has 0 bridgehead atoms. The molecule has 0 spiro atoms. The van der Waals surface area contributed by atoms with E-state index < -0.39 is 28.3 Å². The van der Waals surface area contributed by atoms with Crippen molar-refractivity contribution >= 4 is 29.3 Å². The van der Waals surface area contributed by atoms with E-state index >= 15 is 0 Å². The number of hydrogen-bond donors (Lipinski definition) is 1. The van der Waals surface area contributed by atoms with Gasteiger partial charge in [-0.3, -0.25) is 34.7 Å². The number of nitro groups is 1. The zero-order valence-electron chi connectivity index (χ0n) is 14.9. The van der Waals surface area contributed by atoms with Crippen LogP contribution >= 0.6 is 0 Å². The molecule has 1 aliphatic heterocycles. The number of imide groups is 1. The third-order valence-electron chi connectivity index (χ3n) is 4.49. The Morgan fingerprint density at radius 3 is 2.68 bits per heavy atom. The largest absolute Gasteiger partial charge is 0.444 e. The van der Waals surface area contributed by atoms with Crippen LogP contribution in [0.2, 0.25) is 0 Å². The molecule has 1 aromatic heterocycles. The van der Waals surface area contributed by atoms with E-state index in [0.29, 0.717) is 11.3 Å². The number of anilines is 1. The van der Waals surface area contributed by atoms with Gasteiger partial charge < -0.3 is 4.42 Å². The molecule has 28 heavy (non-hydrogen) atoms. The van der Waals surface area contributed by atoms with Gasteiger partial charge in [-0.25, -0.2) is 0 Å². The third-order valence-corrected chi connectivity index (χ3v) is 4.49. The molecule has 3 amide bonds. The minimum atomic E-state index is -0.817. The molecular formula is C18H14N4O6. The zero-order valence-corrected chi connectivity index (χ0v) is 14.9. The highest BCUT2D eigenvalue weighted by molar-refractivity contribution is 6.23. The van der Waals surface area contributed by atoms with Crippen molar-refractivity contribution in [2.24, 2.45) is 0 Å². The monoisotopic (exact) mass is 382 g/mol. The second kappa shape index (κ2) is 6.96. The summed E-state index contributed by atoms with van der Waals surface area (Å²) in [6.07, 6.45) is -0.261. The maximum atomic E-state index is 12.5. The van der Waals surface area contributed by atoms with Crippen LogP contribution in [0.1, 0.15) is 44.0 Å². The predicted octanol–water partition coefficient (Wildman–Crippen LogP) is 2.30. The normalized spacial score (nSPS) is 12.7. The van der Waals surface area contributed by atoms with Crippen molar-refractivity contribution in [1.82, 2.24) is 4.90 Å². The molecule has 1 aromatic carbocycles. The van der Waals surface area contributed by atoms with Gasteiger partial charge in [-0.2, -0.15) is 5.26 Å². The quantitative estimate of drug-likeness (QED) is 0.474. The summed E-state index contributed by atoms with van der Waals surface area (Å²) in [5.74, 6) is -1.60. The molecule has 0 saturated heterocycles. The molecule has 0 saturated carbocycles. The first kappa shape index (κ1) is 18.8. The molecule has 0 aliphatic carbocycles. The summed E-state index contributed by atoms with van der Waals surface area (Å²) < 4.78 is 5.34. The molecule has 1 N–H and O–H groups in total. The summed E-state index contributed by atoms with van der Waals surface area (Å²) in [5, 5.41) is 22.7. The number of carbonyl (C=O) groups excluding carboxylic acids is 3. The molecule has 142 valence electrons. The Morgan fingerprint density at radius 1 is 1.32 bits per heavy atom. The van der Waals surface area contributed by atoms with E-state index in [0.717, 1.165) is 11.0 Å². The van der Waals surface area contributed by atoms with Gasteiger partial charge in [0.05, 0.1) is 10.5 Å². The number of furan rings is 1. The summed E-state index contributed by atoms with van der Waals surface area (Å²) in [7, 11) is 0. The number of hydrogen-bond acceptors (Lipinski definition) is 7. The van der Waals surface area contributed by atoms with Crippen LogP contribution in [0.25, 0.3) is 0 Å². The third kappa shape index (κ3) is 2.99. The van der Waals surface area contributed by atoms with Crippen molar-refractivity contribution in [2.75, 3.05) is 11.9 Å². The number of carbonyl (C=O) groups is 3. The van der Waals surface area contributed by atoms with Crippen LogP contribution in [0.5, 0.6) is 0 Å². The molecule has 0 radical (unpaired) electrons. The first-order valence-corrected chi connectivity index (χ1v) is 8.19. The van der Waals surface area contributed by atoms with Crippen LogP contribution in [0.3, 0.4) is 0 Å². The number of nitro benzene ring substituents is 1. The zero-order chi connectivity index (χ0) is 20.6. The Bertz CT molecular complexity index is 1080. The summed E-state index contributed by atoms with van der Waals surface area (Å²) in [5.41, 5.74) is 0.00119. The lowest BCUT2D eigenvalue weighted by Crippen LogP contribution is -2.33. The molecule has 2 heterocycles. The average molecular weight is 382 g/mol. The minimum Gasteiger partial charge on any atom is -0.444 e. The van der Waals surface area contributed by atoms with Gasteiger partial charge in [-0.05, 0) is 19.9 Å². The van der Waals surface area contributed by atoms with Crippen LogP contribution < -0.4 is 5.32 Å². The molecule has 10 heteroatoms. The lowest BCUT2D eigenvalue weighted by molar-refractivity contribution is -0.385. The van der Waals surface area contributed by atoms with Crippen LogP contribution in [-0.2, 0) is 4.79 Å². The van der Waals surface area contributed by atoms with Crippen LogP contribution in [0.15, 0.2) is 22.6 Å². The van der Waals surface area contributed by atoms with Gasteiger partial charge in [0.1, 0.15) is 23.0 Å². The number of rotatable bonds is 5. The molecule has 2 aromatic rings. The van der Waals surface area contributed by atoms with Gasteiger partial charge in [0.2, 0.25) is 11.8 Å². The Balaban J connectivity index is 1.73. The molecule has 0 fully saturated rings. The number of nitrogens with zero attached hydrogens (tertiary/aromatic N) is 3. The van der Waals surface area contributed by atoms with E-state index in [2.05, 4.69) is 5.32 Å². The van der Waals surface area contributed by atoms with E-state index in [4.69, 9.17) is 9.68 Å². The molecular weight excluding hydrogens is 368 g/mol. The van der Waals surface area contributed by atoms with Gasteiger partial charge in [-0.1, -0.05) is 6.07 Å². The molecule has 0 unspecified atom stereocenters. The maximum absolute atomic E-state index is 12.5. The second-order valence-electron chi connectivity index (χ2n) is 6.12. The Labute approximate surface area is 158 Å². The lowest BCUT2D eigenvalue weighted by Gasteiger charge is -2.13. The van der Waals surface area contributed by atoms with Gasteiger partial charge in [0.15, 0.2) is 0 Å². The van der Waals surface area contributed by atoms with E-state index in [9.17, 15) is 24.5 Å². The maximum Gasteiger partial charge on any atom is 0.282 e. The van der Waals surface area contributed by atoms with Crippen LogP contribution in [-0.4, -0.2) is 34.1 Å². The Morgan fingerprint density at radius 2 is 2.04 bits per heavy atom. The number of aryl methyl sites for hydroxylation is 1. The fraction of sp³-hybridized carbons (Fsp3) is 0.222. The number of amides is 3. The predicted molar refractivity (Wildman–Crippen MR) is 94.6 cm³/mol. The van der Waals surface area contributed by atoms with Gasteiger partial charge in [0.25, 0.3) is 17.5 Å². The van der Waals surface area contributed by atoms with Crippen LogP contribution in [0.4, 0.5) is 11.6 Å². The van der Waals surface area contributed by atoms with E-state index in [1.807, 2.05) is 6.07 Å². The van der Waals surface area contributed by atoms with Crippen molar-refractivity contribution in [1.29, 1.82) is 5.26 Å². The number of fused-ring (bicyclic) bond motifs is 1. The SMILES string of the molecule is Cc1oc(NC(=O)CCN2C(=O)c3cccc([N+](=O)[O-])c3C2=O)c(C#N)c1C. The molecule has 0 atom stereocenters. The van der Waals surface area contributed by atoms with Crippen molar-refractivity contribution in [3.05, 3.63) is 56.3 Å². The molecule has 1 aliphatic rings. The van der Waals surface area contributed by atoms with E-state index in [-0.39, 0.29) is 35.5 Å². The van der Waals surface area contributed by atoms with Gasteiger partial charge in [0, 0.05) is 24.6 Å². The number of benzene rings is 1. The lowest BCUT2D eigenvalue weighted by atomic mass is 10.1. The van der Waals surface area contributed by atoms with Gasteiger partial charge in [-0.15, -0.1) is 0 Å². The first-order chi connectivity index (χ1) is 13.3. The van der Waals surface area contributed by atoms with E-state index in [1.54, 1.807) is 13.8 Å². The highest BCUT2D eigenvalue weighted by atomic mass is 16.6. The fourth-order valence-corrected chi connectivity index (χ4v) is 2.92. The standard InChI is InChI=1S/C18H14N4O6/c1-9-10(2)28-16(12(9)8-19)20-14(23)6-7-21-17(24)11-4-3-5-13(22(26)27)15(11)18(21)25/h3-5H,6-7H2,1-2H3,(H,20,23). The Kier molecular flexibility index (Phi) is 4.67. The van der Waals surface area contributed by atoms with Crippen molar-refractivity contribution in [3.63, 3.8) is 0 Å². The van der Waals surface area contributed by atoms with Crippen LogP contribution in [0, 0.1) is 35.3 Å².